The maximum absolute atomic E-state index is 12.3. The first-order valence-electron chi connectivity index (χ1n) is 6.15. The summed E-state index contributed by atoms with van der Waals surface area (Å²) in [5.74, 6) is -1.18. The van der Waals surface area contributed by atoms with E-state index in [2.05, 4.69) is 0 Å². The summed E-state index contributed by atoms with van der Waals surface area (Å²) in [5.41, 5.74) is 0. The van der Waals surface area contributed by atoms with Crippen LogP contribution >= 0.6 is 0 Å². The molecule has 0 spiro atoms. The van der Waals surface area contributed by atoms with Crippen molar-refractivity contribution < 1.29 is 23.5 Å². The number of hydrogen-bond acceptors (Lipinski definition) is 4. The number of carbonyl (C=O) groups is 2. The number of hydrogen-bond donors (Lipinski definition) is 1. The largest absolute Gasteiger partial charge is 0.475 e. The van der Waals surface area contributed by atoms with Gasteiger partial charge in [0.15, 0.2) is 5.76 Å². The van der Waals surface area contributed by atoms with Gasteiger partial charge < -0.3 is 18.8 Å². The number of carbonyl (C=O) groups excluding carboxylic acids is 1. The molecule has 106 valence electrons. The van der Waals surface area contributed by atoms with Gasteiger partial charge in [0.05, 0.1) is 12.8 Å². The Balaban J connectivity index is 2.19. The molecule has 0 fully saturated rings. The summed E-state index contributed by atoms with van der Waals surface area (Å²) in [6.07, 6.45) is 1.54. The fourth-order valence-corrected chi connectivity index (χ4v) is 1.77. The Bertz CT molecular complexity index is 597. The summed E-state index contributed by atoms with van der Waals surface area (Å²) in [7, 11) is 0. The number of carboxylic acid groups (broad SMARTS) is 1. The molecule has 0 aliphatic heterocycles. The summed E-state index contributed by atoms with van der Waals surface area (Å²) in [6, 6.07) is 6.07. The molecule has 0 bridgehead atoms. The molecule has 0 aromatic carbocycles. The van der Waals surface area contributed by atoms with Crippen LogP contribution in [-0.2, 0) is 6.54 Å². The van der Waals surface area contributed by atoms with Gasteiger partial charge in [-0.1, -0.05) is 0 Å². The number of carboxylic acids is 1. The third kappa shape index (κ3) is 2.90. The first kappa shape index (κ1) is 13.9. The zero-order valence-corrected chi connectivity index (χ0v) is 11.2. The first-order valence-corrected chi connectivity index (χ1v) is 6.15. The van der Waals surface area contributed by atoms with E-state index in [0.717, 1.165) is 0 Å². The lowest BCUT2D eigenvalue weighted by Crippen LogP contribution is -2.36. The average molecular weight is 277 g/mol. The molecule has 0 unspecified atom stereocenters. The van der Waals surface area contributed by atoms with Gasteiger partial charge in [0.25, 0.3) is 5.91 Å². The van der Waals surface area contributed by atoms with Crippen LogP contribution in [0.2, 0.25) is 0 Å². The van der Waals surface area contributed by atoms with Crippen molar-refractivity contribution in [1.82, 2.24) is 4.90 Å². The van der Waals surface area contributed by atoms with Gasteiger partial charge >= 0.3 is 5.97 Å². The molecule has 0 saturated heterocycles. The van der Waals surface area contributed by atoms with E-state index in [-0.39, 0.29) is 23.5 Å². The average Bonchev–Trinajstić information content (AvgIpc) is 3.06. The van der Waals surface area contributed by atoms with Crippen molar-refractivity contribution in [2.45, 2.75) is 26.4 Å². The molecule has 20 heavy (non-hydrogen) atoms. The van der Waals surface area contributed by atoms with Gasteiger partial charge in [-0.3, -0.25) is 4.79 Å². The van der Waals surface area contributed by atoms with Crippen LogP contribution in [0.5, 0.6) is 0 Å². The number of amides is 1. The molecule has 6 heteroatoms. The summed E-state index contributed by atoms with van der Waals surface area (Å²) >= 11 is 0. The Morgan fingerprint density at radius 2 is 1.95 bits per heavy atom. The molecule has 1 N–H and O–H groups in total. The molecule has 2 aromatic heterocycles. The molecule has 0 atom stereocenters. The van der Waals surface area contributed by atoms with E-state index in [1.165, 1.54) is 18.4 Å². The first-order chi connectivity index (χ1) is 9.49. The normalized spacial score (nSPS) is 10.8. The van der Waals surface area contributed by atoms with Crippen LogP contribution in [0.1, 0.15) is 40.7 Å². The maximum atomic E-state index is 12.3. The van der Waals surface area contributed by atoms with Crippen molar-refractivity contribution in [3.05, 3.63) is 47.8 Å². The highest BCUT2D eigenvalue weighted by Gasteiger charge is 2.24. The standard InChI is InChI=1S/C14H15NO5/c1-9(2)15(8-10-4-3-7-19-10)13(16)11-5-6-12(20-11)14(17)18/h3-7,9H,8H2,1-2H3,(H,17,18). The summed E-state index contributed by atoms with van der Waals surface area (Å²) in [4.78, 5) is 24.7. The van der Waals surface area contributed by atoms with Crippen LogP contribution in [0.15, 0.2) is 39.4 Å². The number of aromatic carboxylic acids is 1. The van der Waals surface area contributed by atoms with Crippen molar-refractivity contribution in [2.75, 3.05) is 0 Å². The van der Waals surface area contributed by atoms with Gasteiger partial charge in [-0.25, -0.2) is 4.79 Å². The highest BCUT2D eigenvalue weighted by Crippen LogP contribution is 2.16. The molecule has 0 radical (unpaired) electrons. The second-order valence-electron chi connectivity index (χ2n) is 4.58. The van der Waals surface area contributed by atoms with Gasteiger partial charge in [0, 0.05) is 6.04 Å². The number of nitrogens with zero attached hydrogens (tertiary/aromatic N) is 1. The van der Waals surface area contributed by atoms with Crippen LogP contribution in [-0.4, -0.2) is 27.9 Å². The Morgan fingerprint density at radius 1 is 1.25 bits per heavy atom. The highest BCUT2D eigenvalue weighted by molar-refractivity contribution is 5.93. The summed E-state index contributed by atoms with van der Waals surface area (Å²) in [6.45, 7) is 4.02. The van der Waals surface area contributed by atoms with Gasteiger partial charge in [0.2, 0.25) is 5.76 Å². The van der Waals surface area contributed by atoms with Crippen molar-refractivity contribution in [3.63, 3.8) is 0 Å². The monoisotopic (exact) mass is 277 g/mol. The van der Waals surface area contributed by atoms with E-state index in [1.807, 2.05) is 13.8 Å². The Labute approximate surface area is 115 Å². The van der Waals surface area contributed by atoms with Gasteiger partial charge in [-0.05, 0) is 38.1 Å². The van der Waals surface area contributed by atoms with Crippen molar-refractivity contribution >= 4 is 11.9 Å². The SMILES string of the molecule is CC(C)N(Cc1ccco1)C(=O)c1ccc(C(=O)O)o1. The highest BCUT2D eigenvalue weighted by atomic mass is 16.4. The molecule has 0 saturated carbocycles. The predicted molar refractivity (Wildman–Crippen MR) is 69.4 cm³/mol. The zero-order chi connectivity index (χ0) is 14.7. The molecule has 1 amide bonds. The van der Waals surface area contributed by atoms with E-state index in [9.17, 15) is 9.59 Å². The second kappa shape index (κ2) is 5.64. The predicted octanol–water partition coefficient (Wildman–Crippen LogP) is 2.62. The zero-order valence-electron chi connectivity index (χ0n) is 11.2. The molecule has 0 aliphatic carbocycles. The van der Waals surface area contributed by atoms with E-state index >= 15 is 0 Å². The van der Waals surface area contributed by atoms with Gasteiger partial charge in [-0.15, -0.1) is 0 Å². The Hall–Kier alpha value is -2.50. The smallest absolute Gasteiger partial charge is 0.371 e. The molecule has 0 aliphatic rings. The topological polar surface area (TPSA) is 83.9 Å². The minimum atomic E-state index is -1.20. The minimum absolute atomic E-state index is 0.00246. The fourth-order valence-electron chi connectivity index (χ4n) is 1.77. The Kier molecular flexibility index (Phi) is 3.93. The lowest BCUT2D eigenvalue weighted by molar-refractivity contribution is 0.0620. The van der Waals surface area contributed by atoms with Crippen molar-refractivity contribution in [2.24, 2.45) is 0 Å². The van der Waals surface area contributed by atoms with Crippen molar-refractivity contribution in [3.8, 4) is 0 Å². The number of rotatable bonds is 5. The second-order valence-corrected chi connectivity index (χ2v) is 4.58. The lowest BCUT2D eigenvalue weighted by Gasteiger charge is -2.24. The third-order valence-electron chi connectivity index (χ3n) is 2.82. The van der Waals surface area contributed by atoms with E-state index in [0.29, 0.717) is 12.3 Å². The Morgan fingerprint density at radius 3 is 2.45 bits per heavy atom. The molecule has 2 aromatic rings. The number of furan rings is 2. The van der Waals surface area contributed by atoms with Gasteiger partial charge in [-0.2, -0.15) is 0 Å². The van der Waals surface area contributed by atoms with E-state index in [4.69, 9.17) is 13.9 Å². The van der Waals surface area contributed by atoms with Crippen LogP contribution in [0, 0.1) is 0 Å². The maximum Gasteiger partial charge on any atom is 0.371 e. The third-order valence-corrected chi connectivity index (χ3v) is 2.82. The minimum Gasteiger partial charge on any atom is -0.475 e. The van der Waals surface area contributed by atoms with Crippen LogP contribution in [0.3, 0.4) is 0 Å². The molecule has 6 nitrogen and oxygen atoms in total. The molecule has 2 rings (SSSR count). The molecular weight excluding hydrogens is 262 g/mol. The van der Waals surface area contributed by atoms with E-state index < -0.39 is 5.97 Å². The molecule has 2 heterocycles. The summed E-state index contributed by atoms with van der Waals surface area (Å²) in [5, 5.41) is 8.80. The lowest BCUT2D eigenvalue weighted by atomic mass is 10.2. The fraction of sp³-hybridized carbons (Fsp3) is 0.286. The van der Waals surface area contributed by atoms with Crippen molar-refractivity contribution in [1.29, 1.82) is 0 Å². The van der Waals surface area contributed by atoms with Gasteiger partial charge in [0.1, 0.15) is 5.76 Å². The quantitative estimate of drug-likeness (QED) is 0.908. The molecular formula is C14H15NO5. The van der Waals surface area contributed by atoms with Crippen LogP contribution in [0.25, 0.3) is 0 Å². The summed E-state index contributed by atoms with van der Waals surface area (Å²) < 4.78 is 10.3. The van der Waals surface area contributed by atoms with E-state index in [1.54, 1.807) is 17.0 Å². The van der Waals surface area contributed by atoms with Crippen LogP contribution in [0.4, 0.5) is 0 Å². The van der Waals surface area contributed by atoms with Crippen LogP contribution < -0.4 is 0 Å².